The van der Waals surface area contributed by atoms with E-state index in [0.717, 1.165) is 11.8 Å². The highest BCUT2D eigenvalue weighted by molar-refractivity contribution is 5.91. The molecule has 0 radical (unpaired) electrons. The minimum Gasteiger partial charge on any atom is -0.481 e. The SMILES string of the molecule is COc1c(C(=O)O)c(C(F)(F)F)nn1C. The van der Waals surface area contributed by atoms with Gasteiger partial charge in [-0.25, -0.2) is 9.48 Å². The lowest BCUT2D eigenvalue weighted by Crippen LogP contribution is -2.12. The molecule has 8 heteroatoms. The van der Waals surface area contributed by atoms with Gasteiger partial charge in [0.25, 0.3) is 0 Å². The average Bonchev–Trinajstić information content (AvgIpc) is 2.41. The molecule has 0 saturated heterocycles. The van der Waals surface area contributed by atoms with E-state index in [-0.39, 0.29) is 0 Å². The number of hydrogen-bond acceptors (Lipinski definition) is 3. The highest BCUT2D eigenvalue weighted by atomic mass is 19.4. The van der Waals surface area contributed by atoms with Gasteiger partial charge in [0.15, 0.2) is 11.3 Å². The summed E-state index contributed by atoms with van der Waals surface area (Å²) in [5.74, 6) is -2.16. The fourth-order valence-electron chi connectivity index (χ4n) is 1.13. The smallest absolute Gasteiger partial charge is 0.436 e. The second-order valence-electron chi connectivity index (χ2n) is 2.66. The van der Waals surface area contributed by atoms with Gasteiger partial charge in [0.05, 0.1) is 7.11 Å². The van der Waals surface area contributed by atoms with Crippen molar-refractivity contribution in [2.24, 2.45) is 7.05 Å². The van der Waals surface area contributed by atoms with Gasteiger partial charge < -0.3 is 9.84 Å². The van der Waals surface area contributed by atoms with Gasteiger partial charge in [0.2, 0.25) is 5.88 Å². The maximum Gasteiger partial charge on any atom is 0.436 e. The summed E-state index contributed by atoms with van der Waals surface area (Å²) in [4.78, 5) is 10.6. The molecule has 0 atom stereocenters. The first-order chi connectivity index (χ1) is 6.79. The van der Waals surface area contributed by atoms with Crippen molar-refractivity contribution in [1.29, 1.82) is 0 Å². The Morgan fingerprint density at radius 3 is 2.40 bits per heavy atom. The molecule has 0 aliphatic rings. The fourth-order valence-corrected chi connectivity index (χ4v) is 1.13. The number of carboxylic acids is 1. The van der Waals surface area contributed by atoms with Crippen molar-refractivity contribution in [3.8, 4) is 5.88 Å². The average molecular weight is 224 g/mol. The van der Waals surface area contributed by atoms with Crippen LogP contribution in [0, 0.1) is 0 Å². The summed E-state index contributed by atoms with van der Waals surface area (Å²) in [5.41, 5.74) is -2.44. The largest absolute Gasteiger partial charge is 0.481 e. The Labute approximate surface area is 82.1 Å². The lowest BCUT2D eigenvalue weighted by atomic mass is 10.2. The lowest BCUT2D eigenvalue weighted by Gasteiger charge is -2.03. The van der Waals surface area contributed by atoms with Crippen molar-refractivity contribution in [3.63, 3.8) is 0 Å². The molecule has 1 aromatic rings. The first-order valence-corrected chi connectivity index (χ1v) is 3.70. The molecule has 0 fully saturated rings. The summed E-state index contributed by atoms with van der Waals surface area (Å²) < 4.78 is 42.3. The number of carbonyl (C=O) groups is 1. The molecule has 1 aromatic heterocycles. The van der Waals surface area contributed by atoms with Crippen molar-refractivity contribution in [3.05, 3.63) is 11.3 Å². The summed E-state index contributed by atoms with van der Waals surface area (Å²) in [6, 6.07) is 0. The third-order valence-electron chi connectivity index (χ3n) is 1.67. The van der Waals surface area contributed by atoms with Gasteiger partial charge in [-0.15, -0.1) is 0 Å². The van der Waals surface area contributed by atoms with Gasteiger partial charge in [-0.2, -0.15) is 18.3 Å². The van der Waals surface area contributed by atoms with E-state index in [2.05, 4.69) is 9.84 Å². The number of hydrogen-bond donors (Lipinski definition) is 1. The predicted octanol–water partition coefficient (Wildman–Crippen LogP) is 1.15. The Bertz CT molecular complexity index is 397. The molecule has 1 N–H and O–H groups in total. The number of halogens is 3. The van der Waals surface area contributed by atoms with Crippen LogP contribution in [0.1, 0.15) is 16.1 Å². The highest BCUT2D eigenvalue weighted by Crippen LogP contribution is 2.34. The van der Waals surface area contributed by atoms with E-state index >= 15 is 0 Å². The predicted molar refractivity (Wildman–Crippen MR) is 41.7 cm³/mol. The molecule has 0 spiro atoms. The van der Waals surface area contributed by atoms with Gasteiger partial charge >= 0.3 is 12.1 Å². The lowest BCUT2D eigenvalue weighted by molar-refractivity contribution is -0.141. The Morgan fingerprint density at radius 2 is 2.07 bits per heavy atom. The molecule has 5 nitrogen and oxygen atoms in total. The third kappa shape index (κ3) is 1.88. The number of aryl methyl sites for hydroxylation is 1. The molecule has 0 bridgehead atoms. The second kappa shape index (κ2) is 3.44. The normalized spacial score (nSPS) is 11.5. The van der Waals surface area contributed by atoms with Crippen LogP contribution in [0.2, 0.25) is 0 Å². The number of aromatic nitrogens is 2. The summed E-state index contributed by atoms with van der Waals surface area (Å²) >= 11 is 0. The van der Waals surface area contributed by atoms with Crippen molar-refractivity contribution in [1.82, 2.24) is 9.78 Å². The van der Waals surface area contributed by atoms with Crippen LogP contribution < -0.4 is 4.74 Å². The number of alkyl halides is 3. The summed E-state index contributed by atoms with van der Waals surface area (Å²) in [6.45, 7) is 0. The van der Waals surface area contributed by atoms with E-state index in [0.29, 0.717) is 0 Å². The van der Waals surface area contributed by atoms with Crippen LogP contribution in [0.3, 0.4) is 0 Å². The van der Waals surface area contributed by atoms with E-state index in [1.807, 2.05) is 0 Å². The van der Waals surface area contributed by atoms with Crippen LogP contribution in [-0.2, 0) is 13.2 Å². The zero-order valence-corrected chi connectivity index (χ0v) is 7.79. The summed E-state index contributed by atoms with van der Waals surface area (Å²) in [7, 11) is 2.24. The molecule has 0 aromatic carbocycles. The second-order valence-corrected chi connectivity index (χ2v) is 2.66. The van der Waals surface area contributed by atoms with Gasteiger partial charge in [0.1, 0.15) is 0 Å². The Hall–Kier alpha value is -1.73. The minimum absolute atomic E-state index is 0.435. The van der Waals surface area contributed by atoms with Gasteiger partial charge in [0, 0.05) is 7.05 Å². The zero-order valence-electron chi connectivity index (χ0n) is 7.79. The molecule has 0 saturated carbocycles. The van der Waals surface area contributed by atoms with Crippen molar-refractivity contribution in [2.45, 2.75) is 6.18 Å². The molecule has 0 aliphatic heterocycles. The first-order valence-electron chi connectivity index (χ1n) is 3.70. The molecule has 1 rings (SSSR count). The van der Waals surface area contributed by atoms with E-state index in [9.17, 15) is 18.0 Å². The summed E-state index contributed by atoms with van der Waals surface area (Å²) in [6.07, 6.45) is -4.82. The maximum absolute atomic E-state index is 12.3. The van der Waals surface area contributed by atoms with E-state index in [4.69, 9.17) is 5.11 Å². The monoisotopic (exact) mass is 224 g/mol. The van der Waals surface area contributed by atoms with Gasteiger partial charge in [-0.1, -0.05) is 0 Å². The minimum atomic E-state index is -4.82. The van der Waals surface area contributed by atoms with E-state index in [1.165, 1.54) is 7.05 Å². The van der Waals surface area contributed by atoms with Gasteiger partial charge in [-0.05, 0) is 0 Å². The Morgan fingerprint density at radius 1 is 1.53 bits per heavy atom. The number of methoxy groups -OCH3 is 1. The van der Waals surface area contributed by atoms with Crippen LogP contribution in [0.25, 0.3) is 0 Å². The van der Waals surface area contributed by atoms with Crippen LogP contribution in [0.5, 0.6) is 5.88 Å². The molecule has 0 unspecified atom stereocenters. The van der Waals surface area contributed by atoms with Crippen LogP contribution in [0.4, 0.5) is 13.2 Å². The molecule has 1 heterocycles. The molecule has 15 heavy (non-hydrogen) atoms. The molecule has 0 aliphatic carbocycles. The number of ether oxygens (including phenoxy) is 1. The number of rotatable bonds is 2. The zero-order chi connectivity index (χ0) is 11.8. The topological polar surface area (TPSA) is 64.3 Å². The van der Waals surface area contributed by atoms with Crippen molar-refractivity contribution >= 4 is 5.97 Å². The molecule has 84 valence electrons. The van der Waals surface area contributed by atoms with Crippen LogP contribution >= 0.6 is 0 Å². The number of carboxylic acid groups (broad SMARTS) is 1. The van der Waals surface area contributed by atoms with Crippen molar-refractivity contribution in [2.75, 3.05) is 7.11 Å². The van der Waals surface area contributed by atoms with Gasteiger partial charge in [-0.3, -0.25) is 0 Å². The first kappa shape index (κ1) is 11.3. The Kier molecular flexibility index (Phi) is 2.61. The van der Waals surface area contributed by atoms with Crippen LogP contribution in [0.15, 0.2) is 0 Å². The standard InChI is InChI=1S/C7H7F3N2O3/c1-12-5(15-2)3(6(13)14)4(11-12)7(8,9)10/h1-2H3,(H,13,14). The van der Waals surface area contributed by atoms with E-state index in [1.54, 1.807) is 0 Å². The number of aromatic carboxylic acids is 1. The van der Waals surface area contributed by atoms with E-state index < -0.39 is 29.3 Å². The third-order valence-corrected chi connectivity index (χ3v) is 1.67. The van der Waals surface area contributed by atoms with Crippen molar-refractivity contribution < 1.29 is 27.8 Å². The highest BCUT2D eigenvalue weighted by Gasteiger charge is 2.41. The summed E-state index contributed by atoms with van der Waals surface area (Å²) in [5, 5.41) is 11.7. The fraction of sp³-hybridized carbons (Fsp3) is 0.429. The molecule has 0 amide bonds. The maximum atomic E-state index is 12.3. The molecular weight excluding hydrogens is 217 g/mol. The molecular formula is C7H7F3N2O3. The Balaban J connectivity index is 3.47. The van der Waals surface area contributed by atoms with Crippen LogP contribution in [-0.4, -0.2) is 28.0 Å². The number of nitrogens with zero attached hydrogens (tertiary/aromatic N) is 2. The quantitative estimate of drug-likeness (QED) is 0.818.